The molecule has 0 spiro atoms. The van der Waals surface area contributed by atoms with E-state index in [2.05, 4.69) is 46.1 Å². The molecule has 0 fully saturated rings. The molecule has 0 aliphatic carbocycles. The Morgan fingerprint density at radius 1 is 1.19 bits per heavy atom. The lowest BCUT2D eigenvalue weighted by Crippen LogP contribution is -2.31. The van der Waals surface area contributed by atoms with Crippen molar-refractivity contribution in [3.63, 3.8) is 0 Å². The monoisotopic (exact) mass is 344 g/mol. The first kappa shape index (κ1) is 15.3. The molecule has 5 rings (SSSR count). The zero-order valence-electron chi connectivity index (χ0n) is 14.7. The van der Waals surface area contributed by atoms with Gasteiger partial charge in [0.05, 0.1) is 12.0 Å². The second-order valence-corrected chi connectivity index (χ2v) is 6.88. The lowest BCUT2D eigenvalue weighted by Gasteiger charge is -2.28. The molecule has 0 saturated carbocycles. The van der Waals surface area contributed by atoms with Gasteiger partial charge >= 0.3 is 0 Å². The average molecular weight is 344 g/mol. The van der Waals surface area contributed by atoms with Crippen molar-refractivity contribution in [2.45, 2.75) is 26.4 Å². The van der Waals surface area contributed by atoms with E-state index in [1.54, 1.807) is 6.26 Å². The number of aromatic amines is 1. The number of furan rings is 1. The molecule has 4 heterocycles. The number of nitrogens with one attached hydrogen (secondary N) is 1. The standard InChI is InChI=1S/C21H20N4O/c1-14-17(16-5-2-3-6-18(16)23-14)12-25-9-8-15-11-22-21(24-19(15)13-25)20-7-4-10-26-20/h2-7,10-11,23H,8-9,12-13H2,1H3. The van der Waals surface area contributed by atoms with Gasteiger partial charge in [0, 0.05) is 42.4 Å². The zero-order chi connectivity index (χ0) is 17.5. The van der Waals surface area contributed by atoms with Crippen LogP contribution in [0.2, 0.25) is 0 Å². The fraction of sp³-hybridized carbons (Fsp3) is 0.238. The highest BCUT2D eigenvalue weighted by Gasteiger charge is 2.21. The summed E-state index contributed by atoms with van der Waals surface area (Å²) in [7, 11) is 0. The number of benzene rings is 1. The van der Waals surface area contributed by atoms with E-state index < -0.39 is 0 Å². The van der Waals surface area contributed by atoms with E-state index in [4.69, 9.17) is 9.40 Å². The van der Waals surface area contributed by atoms with E-state index in [1.165, 1.54) is 27.7 Å². The van der Waals surface area contributed by atoms with Gasteiger partial charge in [0.1, 0.15) is 0 Å². The maximum atomic E-state index is 5.44. The fourth-order valence-electron chi connectivity index (χ4n) is 3.78. The van der Waals surface area contributed by atoms with E-state index in [9.17, 15) is 0 Å². The maximum Gasteiger partial charge on any atom is 0.195 e. The molecule has 0 radical (unpaired) electrons. The second-order valence-electron chi connectivity index (χ2n) is 6.88. The normalized spacial score (nSPS) is 14.7. The van der Waals surface area contributed by atoms with E-state index in [-0.39, 0.29) is 0 Å². The fourth-order valence-corrected chi connectivity index (χ4v) is 3.78. The van der Waals surface area contributed by atoms with E-state index >= 15 is 0 Å². The van der Waals surface area contributed by atoms with Gasteiger partial charge in [-0.05, 0) is 42.7 Å². The molecule has 3 aromatic heterocycles. The minimum absolute atomic E-state index is 0.666. The van der Waals surface area contributed by atoms with Crippen LogP contribution in [0.15, 0.2) is 53.3 Å². The summed E-state index contributed by atoms with van der Waals surface area (Å²) in [6.45, 7) is 4.94. The minimum atomic E-state index is 0.666. The number of H-pyrrole nitrogens is 1. The topological polar surface area (TPSA) is 58.0 Å². The number of aryl methyl sites for hydroxylation is 1. The Hall–Kier alpha value is -2.92. The zero-order valence-corrected chi connectivity index (χ0v) is 14.7. The van der Waals surface area contributed by atoms with Crippen LogP contribution >= 0.6 is 0 Å². The first-order chi connectivity index (χ1) is 12.8. The molecule has 0 bridgehead atoms. The third kappa shape index (κ3) is 2.61. The van der Waals surface area contributed by atoms with Crippen LogP contribution < -0.4 is 0 Å². The highest BCUT2D eigenvalue weighted by atomic mass is 16.3. The van der Waals surface area contributed by atoms with Crippen LogP contribution in [-0.4, -0.2) is 26.4 Å². The predicted octanol–water partition coefficient (Wildman–Crippen LogP) is 4.08. The summed E-state index contributed by atoms with van der Waals surface area (Å²) < 4.78 is 5.44. The van der Waals surface area contributed by atoms with Gasteiger partial charge in [-0.15, -0.1) is 0 Å². The maximum absolute atomic E-state index is 5.44. The summed E-state index contributed by atoms with van der Waals surface area (Å²) >= 11 is 0. The van der Waals surface area contributed by atoms with Gasteiger partial charge in [-0.1, -0.05) is 18.2 Å². The summed E-state index contributed by atoms with van der Waals surface area (Å²) in [5.74, 6) is 1.39. The van der Waals surface area contributed by atoms with Gasteiger partial charge < -0.3 is 9.40 Å². The molecule has 1 N–H and O–H groups in total. The SMILES string of the molecule is Cc1[nH]c2ccccc2c1CN1CCc2cnc(-c3ccco3)nc2C1. The van der Waals surface area contributed by atoms with Crippen molar-refractivity contribution in [2.24, 2.45) is 0 Å². The Labute approximate surface area is 151 Å². The molecule has 0 amide bonds. The van der Waals surface area contributed by atoms with Gasteiger partial charge in [-0.2, -0.15) is 0 Å². The molecular weight excluding hydrogens is 324 g/mol. The van der Waals surface area contributed by atoms with Crippen LogP contribution in [0.1, 0.15) is 22.5 Å². The number of fused-ring (bicyclic) bond motifs is 2. The largest absolute Gasteiger partial charge is 0.461 e. The smallest absolute Gasteiger partial charge is 0.195 e. The molecule has 0 atom stereocenters. The number of hydrogen-bond acceptors (Lipinski definition) is 4. The molecular formula is C21H20N4O. The molecule has 5 nitrogen and oxygen atoms in total. The Morgan fingerprint density at radius 3 is 3.00 bits per heavy atom. The van der Waals surface area contributed by atoms with Crippen LogP contribution in [0.5, 0.6) is 0 Å². The Morgan fingerprint density at radius 2 is 2.12 bits per heavy atom. The summed E-state index contributed by atoms with van der Waals surface area (Å²) in [5, 5.41) is 1.31. The molecule has 1 aromatic carbocycles. The van der Waals surface area contributed by atoms with Crippen molar-refractivity contribution < 1.29 is 4.42 Å². The van der Waals surface area contributed by atoms with Crippen LogP contribution in [0.25, 0.3) is 22.5 Å². The first-order valence-electron chi connectivity index (χ1n) is 8.95. The van der Waals surface area contributed by atoms with E-state index in [0.29, 0.717) is 5.82 Å². The molecule has 5 heteroatoms. The van der Waals surface area contributed by atoms with Crippen molar-refractivity contribution in [2.75, 3.05) is 6.54 Å². The van der Waals surface area contributed by atoms with Crippen molar-refractivity contribution in [1.29, 1.82) is 0 Å². The van der Waals surface area contributed by atoms with E-state index in [0.717, 1.165) is 37.5 Å². The highest BCUT2D eigenvalue weighted by Crippen LogP contribution is 2.26. The van der Waals surface area contributed by atoms with Crippen molar-refractivity contribution >= 4 is 10.9 Å². The minimum Gasteiger partial charge on any atom is -0.461 e. The van der Waals surface area contributed by atoms with Crippen molar-refractivity contribution in [3.05, 3.63) is 71.4 Å². The molecule has 26 heavy (non-hydrogen) atoms. The Bertz CT molecular complexity index is 1070. The van der Waals surface area contributed by atoms with Gasteiger partial charge in [-0.25, -0.2) is 9.97 Å². The third-order valence-corrected chi connectivity index (χ3v) is 5.18. The van der Waals surface area contributed by atoms with Crippen LogP contribution in [0.4, 0.5) is 0 Å². The summed E-state index contributed by atoms with van der Waals surface area (Å²) in [5.41, 5.74) is 6.18. The molecule has 1 aliphatic rings. The molecule has 130 valence electrons. The summed E-state index contributed by atoms with van der Waals surface area (Å²) in [6, 6.07) is 12.3. The Kier molecular flexibility index (Phi) is 3.60. The first-order valence-corrected chi connectivity index (χ1v) is 8.95. The van der Waals surface area contributed by atoms with Crippen molar-refractivity contribution in [3.8, 4) is 11.6 Å². The van der Waals surface area contributed by atoms with E-state index in [1.807, 2.05) is 18.3 Å². The molecule has 4 aromatic rings. The second kappa shape index (κ2) is 6.11. The molecule has 0 unspecified atom stereocenters. The highest BCUT2D eigenvalue weighted by molar-refractivity contribution is 5.84. The summed E-state index contributed by atoms with van der Waals surface area (Å²) in [4.78, 5) is 15.2. The average Bonchev–Trinajstić information content (AvgIpc) is 3.30. The van der Waals surface area contributed by atoms with Crippen molar-refractivity contribution in [1.82, 2.24) is 19.9 Å². The van der Waals surface area contributed by atoms with Gasteiger partial charge in [0.2, 0.25) is 0 Å². The van der Waals surface area contributed by atoms with Gasteiger partial charge in [0.25, 0.3) is 0 Å². The van der Waals surface area contributed by atoms with Gasteiger partial charge in [0.15, 0.2) is 11.6 Å². The number of hydrogen-bond donors (Lipinski definition) is 1. The van der Waals surface area contributed by atoms with Crippen LogP contribution in [0.3, 0.4) is 0 Å². The number of para-hydroxylation sites is 1. The lowest BCUT2D eigenvalue weighted by atomic mass is 10.0. The number of aromatic nitrogens is 3. The third-order valence-electron chi connectivity index (χ3n) is 5.18. The lowest BCUT2D eigenvalue weighted by molar-refractivity contribution is 0.241. The predicted molar refractivity (Wildman–Crippen MR) is 101 cm³/mol. The number of rotatable bonds is 3. The molecule has 1 aliphatic heterocycles. The summed E-state index contributed by atoms with van der Waals surface area (Å²) in [6.07, 6.45) is 4.59. The molecule has 0 saturated heterocycles. The van der Waals surface area contributed by atoms with Crippen LogP contribution in [0, 0.1) is 6.92 Å². The number of nitrogens with zero attached hydrogens (tertiary/aromatic N) is 3. The Balaban J connectivity index is 1.43. The van der Waals surface area contributed by atoms with Gasteiger partial charge in [-0.3, -0.25) is 4.90 Å². The van der Waals surface area contributed by atoms with Crippen LogP contribution in [-0.2, 0) is 19.5 Å². The quantitative estimate of drug-likeness (QED) is 0.608.